The first-order valence-corrected chi connectivity index (χ1v) is 5.03. The first-order chi connectivity index (χ1) is 6.31. The molecule has 1 amide bonds. The topological polar surface area (TPSA) is 41.1 Å². The molecule has 0 aromatic heterocycles. The van der Waals surface area contributed by atoms with Gasteiger partial charge in [0, 0.05) is 31.9 Å². The molecule has 0 bridgehead atoms. The molecule has 0 spiro atoms. The molecular formula is C9H17ClN2O. The Morgan fingerprint density at radius 1 is 1.46 bits per heavy atom. The van der Waals surface area contributed by atoms with Crippen molar-refractivity contribution in [2.24, 2.45) is 0 Å². The van der Waals surface area contributed by atoms with Crippen molar-refractivity contribution in [1.82, 2.24) is 10.6 Å². The Bertz CT molecular complexity index is 160. The molecule has 0 aromatic rings. The predicted octanol–water partition coefficient (Wildman–Crippen LogP) is 0.897. The van der Waals surface area contributed by atoms with Crippen molar-refractivity contribution in [3.63, 3.8) is 0 Å². The normalized spacial score (nSPS) is 10.6. The van der Waals surface area contributed by atoms with E-state index < -0.39 is 0 Å². The van der Waals surface area contributed by atoms with E-state index in [9.17, 15) is 4.79 Å². The Morgan fingerprint density at radius 2 is 2.23 bits per heavy atom. The number of alkyl halides is 1. The number of nitrogens with one attached hydrogen (secondary N) is 2. The van der Waals surface area contributed by atoms with Crippen LogP contribution in [0.5, 0.6) is 0 Å². The molecule has 0 aliphatic carbocycles. The molecule has 2 N–H and O–H groups in total. The summed E-state index contributed by atoms with van der Waals surface area (Å²) in [6.45, 7) is 4.09. The van der Waals surface area contributed by atoms with E-state index in [-0.39, 0.29) is 5.91 Å². The maximum atomic E-state index is 10.9. The fourth-order valence-electron chi connectivity index (χ4n) is 0.819. The smallest absolute Gasteiger partial charge is 0.221 e. The summed E-state index contributed by atoms with van der Waals surface area (Å²) >= 11 is 5.43. The second kappa shape index (κ2) is 9.55. The predicted molar refractivity (Wildman–Crippen MR) is 56.0 cm³/mol. The van der Waals surface area contributed by atoms with Gasteiger partial charge in [-0.05, 0) is 6.92 Å². The van der Waals surface area contributed by atoms with Crippen molar-refractivity contribution in [2.75, 3.05) is 25.5 Å². The van der Waals surface area contributed by atoms with Crippen molar-refractivity contribution in [1.29, 1.82) is 0 Å². The summed E-state index contributed by atoms with van der Waals surface area (Å²) in [5.74, 6) is 0.634. The highest BCUT2D eigenvalue weighted by Gasteiger charge is 1.96. The monoisotopic (exact) mass is 204 g/mol. The van der Waals surface area contributed by atoms with Crippen LogP contribution in [-0.2, 0) is 4.79 Å². The fourth-order valence-corrected chi connectivity index (χ4v) is 0.945. The molecule has 0 fully saturated rings. The second-order valence-electron chi connectivity index (χ2n) is 2.53. The molecule has 76 valence electrons. The minimum Gasteiger partial charge on any atom is -0.356 e. The highest BCUT2D eigenvalue weighted by Crippen LogP contribution is 1.79. The van der Waals surface area contributed by atoms with Gasteiger partial charge in [-0.1, -0.05) is 12.2 Å². The van der Waals surface area contributed by atoms with Gasteiger partial charge in [0.15, 0.2) is 0 Å². The summed E-state index contributed by atoms with van der Waals surface area (Å²) in [7, 11) is 0. The zero-order valence-electron chi connectivity index (χ0n) is 7.98. The third-order valence-corrected chi connectivity index (χ3v) is 1.60. The van der Waals surface area contributed by atoms with Crippen LogP contribution in [0.25, 0.3) is 0 Å². The molecule has 0 aromatic carbocycles. The van der Waals surface area contributed by atoms with Crippen LogP contribution < -0.4 is 10.6 Å². The van der Waals surface area contributed by atoms with Gasteiger partial charge in [0.05, 0.1) is 0 Å². The standard InChI is InChI=1S/C9H17ClN2O/c1-2-12-9(13)5-8-11-7-4-3-6-10/h3-4,11H,2,5-8H2,1H3,(H,12,13)/b4-3+. The zero-order valence-corrected chi connectivity index (χ0v) is 8.73. The maximum absolute atomic E-state index is 10.9. The number of halogens is 1. The van der Waals surface area contributed by atoms with Gasteiger partial charge in [0.2, 0.25) is 5.91 Å². The Kier molecular flexibility index (Phi) is 9.15. The van der Waals surface area contributed by atoms with Crippen LogP contribution in [0.3, 0.4) is 0 Å². The van der Waals surface area contributed by atoms with E-state index in [0.29, 0.717) is 25.4 Å². The number of allylic oxidation sites excluding steroid dienone is 1. The average molecular weight is 205 g/mol. The van der Waals surface area contributed by atoms with E-state index in [2.05, 4.69) is 10.6 Å². The van der Waals surface area contributed by atoms with Crippen molar-refractivity contribution in [2.45, 2.75) is 13.3 Å². The second-order valence-corrected chi connectivity index (χ2v) is 2.84. The van der Waals surface area contributed by atoms with E-state index in [4.69, 9.17) is 11.6 Å². The van der Waals surface area contributed by atoms with Crippen LogP contribution in [0.1, 0.15) is 13.3 Å². The highest BCUT2D eigenvalue weighted by atomic mass is 35.5. The fraction of sp³-hybridized carbons (Fsp3) is 0.667. The maximum Gasteiger partial charge on any atom is 0.221 e. The minimum atomic E-state index is 0.0938. The van der Waals surface area contributed by atoms with E-state index in [1.54, 1.807) is 0 Å². The number of amides is 1. The molecule has 0 unspecified atom stereocenters. The van der Waals surface area contributed by atoms with E-state index in [1.807, 2.05) is 19.1 Å². The lowest BCUT2D eigenvalue weighted by atomic mass is 10.4. The molecule has 0 aliphatic rings. The van der Waals surface area contributed by atoms with Crippen LogP contribution in [0.4, 0.5) is 0 Å². The van der Waals surface area contributed by atoms with Crippen LogP contribution in [0.2, 0.25) is 0 Å². The molecule has 0 rings (SSSR count). The third-order valence-electron chi connectivity index (χ3n) is 1.42. The molecule has 4 heteroatoms. The van der Waals surface area contributed by atoms with Crippen LogP contribution >= 0.6 is 11.6 Å². The molecule has 0 radical (unpaired) electrons. The largest absolute Gasteiger partial charge is 0.356 e. The van der Waals surface area contributed by atoms with Gasteiger partial charge in [-0.15, -0.1) is 11.6 Å². The van der Waals surface area contributed by atoms with Gasteiger partial charge in [-0.3, -0.25) is 4.79 Å². The van der Waals surface area contributed by atoms with Crippen molar-refractivity contribution < 1.29 is 4.79 Å². The molecule has 0 atom stereocenters. The summed E-state index contributed by atoms with van der Waals surface area (Å²) in [6, 6.07) is 0. The molecule has 3 nitrogen and oxygen atoms in total. The van der Waals surface area contributed by atoms with Gasteiger partial charge in [0.1, 0.15) is 0 Å². The van der Waals surface area contributed by atoms with Gasteiger partial charge < -0.3 is 10.6 Å². The summed E-state index contributed by atoms with van der Waals surface area (Å²) < 4.78 is 0. The Hall–Kier alpha value is -0.540. The molecule has 0 saturated heterocycles. The minimum absolute atomic E-state index is 0.0938. The van der Waals surface area contributed by atoms with E-state index in [0.717, 1.165) is 6.54 Å². The van der Waals surface area contributed by atoms with Crippen LogP contribution in [0, 0.1) is 0 Å². The first-order valence-electron chi connectivity index (χ1n) is 4.49. The number of hydrogen-bond acceptors (Lipinski definition) is 2. The Morgan fingerprint density at radius 3 is 2.85 bits per heavy atom. The first kappa shape index (κ1) is 12.5. The summed E-state index contributed by atoms with van der Waals surface area (Å²) in [4.78, 5) is 10.9. The summed E-state index contributed by atoms with van der Waals surface area (Å²) in [6.07, 6.45) is 4.36. The van der Waals surface area contributed by atoms with Crippen molar-refractivity contribution in [3.05, 3.63) is 12.2 Å². The SMILES string of the molecule is CCNC(=O)CCNC/C=C/CCl. The Labute approximate surface area is 84.5 Å². The zero-order chi connectivity index (χ0) is 9.94. The van der Waals surface area contributed by atoms with Crippen molar-refractivity contribution in [3.8, 4) is 0 Å². The van der Waals surface area contributed by atoms with Crippen LogP contribution in [-0.4, -0.2) is 31.4 Å². The lowest BCUT2D eigenvalue weighted by Gasteiger charge is -2.01. The summed E-state index contributed by atoms with van der Waals surface area (Å²) in [5.41, 5.74) is 0. The molecular weight excluding hydrogens is 188 g/mol. The van der Waals surface area contributed by atoms with E-state index in [1.165, 1.54) is 0 Å². The van der Waals surface area contributed by atoms with Crippen molar-refractivity contribution >= 4 is 17.5 Å². The number of rotatable bonds is 7. The average Bonchev–Trinajstić information content (AvgIpc) is 2.11. The van der Waals surface area contributed by atoms with Gasteiger partial charge in [-0.2, -0.15) is 0 Å². The molecule has 13 heavy (non-hydrogen) atoms. The van der Waals surface area contributed by atoms with E-state index >= 15 is 0 Å². The third kappa shape index (κ3) is 9.37. The van der Waals surface area contributed by atoms with Crippen LogP contribution in [0.15, 0.2) is 12.2 Å². The van der Waals surface area contributed by atoms with Gasteiger partial charge in [-0.25, -0.2) is 0 Å². The molecule has 0 heterocycles. The van der Waals surface area contributed by atoms with Gasteiger partial charge in [0.25, 0.3) is 0 Å². The lowest BCUT2D eigenvalue weighted by molar-refractivity contribution is -0.120. The number of hydrogen-bond donors (Lipinski definition) is 2. The number of carbonyl (C=O) groups is 1. The molecule has 0 aliphatic heterocycles. The lowest BCUT2D eigenvalue weighted by Crippen LogP contribution is -2.27. The molecule has 0 saturated carbocycles. The van der Waals surface area contributed by atoms with Gasteiger partial charge >= 0.3 is 0 Å². The highest BCUT2D eigenvalue weighted by molar-refractivity contribution is 6.18. The summed E-state index contributed by atoms with van der Waals surface area (Å²) in [5, 5.41) is 5.83. The quantitative estimate of drug-likeness (QED) is 0.368. The number of carbonyl (C=O) groups excluding carboxylic acids is 1. The Balaban J connectivity index is 3.15.